The van der Waals surface area contributed by atoms with Crippen LogP contribution in [0.25, 0.3) is 28.1 Å². The molecule has 3 heterocycles. The molecule has 0 radical (unpaired) electrons. The van der Waals surface area contributed by atoms with E-state index < -0.39 is 11.5 Å². The largest absolute Gasteiger partial charge is 0.338 e. The molecule has 1 aliphatic carbocycles. The Morgan fingerprint density at radius 2 is 1.69 bits per heavy atom. The summed E-state index contributed by atoms with van der Waals surface area (Å²) in [4.78, 5) is 14.0. The Balaban J connectivity index is 1.60. The summed E-state index contributed by atoms with van der Waals surface area (Å²) in [5, 5.41) is 9.54. The Labute approximate surface area is 225 Å². The van der Waals surface area contributed by atoms with Gasteiger partial charge in [-0.15, -0.1) is 0 Å². The summed E-state index contributed by atoms with van der Waals surface area (Å²) in [6.07, 6.45) is 8.70. The van der Waals surface area contributed by atoms with E-state index in [1.165, 1.54) is 10.8 Å². The highest BCUT2D eigenvalue weighted by atomic mass is 19.1. The van der Waals surface area contributed by atoms with Crippen molar-refractivity contribution in [3.8, 4) is 17.2 Å². The van der Waals surface area contributed by atoms with Crippen molar-refractivity contribution in [1.29, 1.82) is 0 Å². The van der Waals surface area contributed by atoms with Crippen molar-refractivity contribution in [2.75, 3.05) is 0 Å². The van der Waals surface area contributed by atoms with Gasteiger partial charge in [0.15, 0.2) is 5.82 Å². The van der Waals surface area contributed by atoms with E-state index in [-0.39, 0.29) is 17.4 Å². The van der Waals surface area contributed by atoms with Gasteiger partial charge in [0, 0.05) is 25.0 Å². The Morgan fingerprint density at radius 1 is 0.974 bits per heavy atom. The molecule has 202 valence electrons. The lowest BCUT2D eigenvalue weighted by Crippen LogP contribution is -2.25. The molecule has 39 heavy (non-hydrogen) atoms. The third kappa shape index (κ3) is 4.02. The molecule has 1 aliphatic rings. The number of fused-ring (bicyclic) bond motifs is 2. The number of aromatic nitrogens is 6. The third-order valence-electron chi connectivity index (χ3n) is 8.12. The molecule has 5 aromatic rings. The van der Waals surface area contributed by atoms with Gasteiger partial charge in [0.05, 0.1) is 34.2 Å². The number of halogens is 2. The lowest BCUT2D eigenvalue weighted by Gasteiger charge is -2.20. The van der Waals surface area contributed by atoms with Gasteiger partial charge in [-0.3, -0.25) is 13.8 Å². The summed E-state index contributed by atoms with van der Waals surface area (Å²) < 4.78 is 36.4. The van der Waals surface area contributed by atoms with Crippen LogP contribution in [0.15, 0.2) is 47.7 Å². The Hall–Kier alpha value is -4.01. The van der Waals surface area contributed by atoms with Crippen LogP contribution in [0.5, 0.6) is 0 Å². The summed E-state index contributed by atoms with van der Waals surface area (Å²) >= 11 is 0. The standard InChI is InChI=1S/C30H32F2N6O/c1-17-7-6-8-18(2)26-23(13-17)34-38(21-14-19(3)27(31)20(4)15-21)29(26)37-12-11-36(30(37)39)25-10-9-24-22(28(25)32)16-33-35(24)5/h9-12,14-18H,6-8,13H2,1-5H3/t17-,18+/m1/s1. The number of aryl methyl sites for hydroxylation is 3. The molecule has 0 unspecified atom stereocenters. The Bertz CT molecular complexity index is 1770. The van der Waals surface area contributed by atoms with Crippen LogP contribution in [-0.4, -0.2) is 28.7 Å². The van der Waals surface area contributed by atoms with Gasteiger partial charge in [-0.05, 0) is 73.9 Å². The third-order valence-corrected chi connectivity index (χ3v) is 8.12. The number of imidazole rings is 1. The van der Waals surface area contributed by atoms with Gasteiger partial charge in [0.1, 0.15) is 11.6 Å². The van der Waals surface area contributed by atoms with Crippen LogP contribution in [-0.2, 0) is 13.5 Å². The van der Waals surface area contributed by atoms with E-state index in [0.717, 1.165) is 36.9 Å². The summed E-state index contributed by atoms with van der Waals surface area (Å²) in [5.41, 5.74) is 4.08. The molecule has 6 rings (SSSR count). The van der Waals surface area contributed by atoms with Crippen LogP contribution in [0.4, 0.5) is 8.78 Å². The molecule has 0 N–H and O–H groups in total. The van der Waals surface area contributed by atoms with Crippen molar-refractivity contribution in [1.82, 2.24) is 28.7 Å². The predicted molar refractivity (Wildman–Crippen MR) is 147 cm³/mol. The van der Waals surface area contributed by atoms with E-state index in [4.69, 9.17) is 5.10 Å². The summed E-state index contributed by atoms with van der Waals surface area (Å²) in [6, 6.07) is 6.89. The van der Waals surface area contributed by atoms with Crippen molar-refractivity contribution in [2.24, 2.45) is 13.0 Å². The van der Waals surface area contributed by atoms with Gasteiger partial charge in [0.25, 0.3) is 0 Å². The zero-order valence-corrected chi connectivity index (χ0v) is 22.9. The molecule has 2 atom stereocenters. The van der Waals surface area contributed by atoms with Crippen LogP contribution in [0.1, 0.15) is 61.4 Å². The molecule has 0 aliphatic heterocycles. The number of rotatable bonds is 3. The van der Waals surface area contributed by atoms with Crippen LogP contribution < -0.4 is 5.69 Å². The van der Waals surface area contributed by atoms with E-state index in [1.54, 1.807) is 71.5 Å². The summed E-state index contributed by atoms with van der Waals surface area (Å²) in [6.45, 7) is 7.86. The van der Waals surface area contributed by atoms with Gasteiger partial charge in [-0.1, -0.05) is 26.7 Å². The van der Waals surface area contributed by atoms with Crippen molar-refractivity contribution in [3.05, 3.63) is 87.4 Å². The SMILES string of the molecule is Cc1cc(-n2nc3c(c2-n2ccn(-c4ccc5c(cnn5C)c4F)c2=O)[C@@H](C)CCC[C@@H](C)C3)cc(C)c1F. The predicted octanol–water partition coefficient (Wildman–Crippen LogP) is 6.06. The molecule has 0 spiro atoms. The van der Waals surface area contributed by atoms with Gasteiger partial charge in [-0.2, -0.15) is 10.2 Å². The fourth-order valence-electron chi connectivity index (χ4n) is 6.02. The summed E-state index contributed by atoms with van der Waals surface area (Å²) in [5.74, 6) is 0.487. The second kappa shape index (κ2) is 9.32. The smallest absolute Gasteiger partial charge is 0.268 e. The molecule has 0 fully saturated rings. The quantitative estimate of drug-likeness (QED) is 0.285. The first kappa shape index (κ1) is 25.3. The minimum Gasteiger partial charge on any atom is -0.268 e. The molecular weight excluding hydrogens is 498 g/mol. The molecule has 9 heteroatoms. The van der Waals surface area contributed by atoms with E-state index >= 15 is 4.39 Å². The first-order valence-corrected chi connectivity index (χ1v) is 13.5. The minimum absolute atomic E-state index is 0.156. The highest BCUT2D eigenvalue weighted by Crippen LogP contribution is 2.36. The zero-order valence-electron chi connectivity index (χ0n) is 22.9. The second-order valence-electron chi connectivity index (χ2n) is 11.1. The Morgan fingerprint density at radius 3 is 2.44 bits per heavy atom. The second-order valence-corrected chi connectivity index (χ2v) is 11.1. The maximum Gasteiger partial charge on any atom is 0.338 e. The number of hydrogen-bond acceptors (Lipinski definition) is 3. The van der Waals surface area contributed by atoms with E-state index in [1.807, 2.05) is 0 Å². The molecule has 2 aromatic carbocycles. The average Bonchev–Trinajstić information content (AvgIpc) is 3.57. The van der Waals surface area contributed by atoms with Crippen LogP contribution in [0.2, 0.25) is 0 Å². The molecule has 0 amide bonds. The molecule has 7 nitrogen and oxygen atoms in total. The topological polar surface area (TPSA) is 62.6 Å². The van der Waals surface area contributed by atoms with Gasteiger partial charge in [-0.25, -0.2) is 18.3 Å². The van der Waals surface area contributed by atoms with E-state index in [9.17, 15) is 9.18 Å². The lowest BCUT2D eigenvalue weighted by atomic mass is 9.85. The zero-order chi connectivity index (χ0) is 27.6. The highest BCUT2D eigenvalue weighted by Gasteiger charge is 2.29. The summed E-state index contributed by atoms with van der Waals surface area (Å²) in [7, 11) is 1.75. The average molecular weight is 531 g/mol. The van der Waals surface area contributed by atoms with Crippen LogP contribution in [0, 0.1) is 31.4 Å². The van der Waals surface area contributed by atoms with E-state index in [0.29, 0.717) is 39.5 Å². The lowest BCUT2D eigenvalue weighted by molar-refractivity contribution is 0.454. The highest BCUT2D eigenvalue weighted by molar-refractivity contribution is 5.81. The van der Waals surface area contributed by atoms with E-state index in [2.05, 4.69) is 18.9 Å². The maximum atomic E-state index is 15.6. The minimum atomic E-state index is -0.503. The fraction of sp³-hybridized carbons (Fsp3) is 0.367. The molecule has 0 saturated heterocycles. The molecular formula is C30H32F2N6O. The van der Waals surface area contributed by atoms with Gasteiger partial charge >= 0.3 is 5.69 Å². The Kier molecular flexibility index (Phi) is 6.04. The van der Waals surface area contributed by atoms with Crippen LogP contribution >= 0.6 is 0 Å². The monoisotopic (exact) mass is 530 g/mol. The molecule has 0 saturated carbocycles. The fourth-order valence-corrected chi connectivity index (χ4v) is 6.02. The first-order chi connectivity index (χ1) is 18.7. The van der Waals surface area contributed by atoms with Crippen LogP contribution in [0.3, 0.4) is 0 Å². The van der Waals surface area contributed by atoms with Crippen molar-refractivity contribution in [3.63, 3.8) is 0 Å². The number of hydrogen-bond donors (Lipinski definition) is 0. The molecule has 3 aromatic heterocycles. The number of benzene rings is 2. The number of nitrogens with zero attached hydrogens (tertiary/aromatic N) is 6. The van der Waals surface area contributed by atoms with Crippen molar-refractivity contribution in [2.45, 2.75) is 59.3 Å². The van der Waals surface area contributed by atoms with Crippen molar-refractivity contribution < 1.29 is 8.78 Å². The normalized spacial score (nSPS) is 17.8. The maximum absolute atomic E-state index is 15.6. The van der Waals surface area contributed by atoms with Gasteiger partial charge < -0.3 is 0 Å². The van der Waals surface area contributed by atoms with Gasteiger partial charge in [0.2, 0.25) is 0 Å². The molecule has 0 bridgehead atoms. The van der Waals surface area contributed by atoms with Crippen molar-refractivity contribution >= 4 is 10.9 Å². The first-order valence-electron chi connectivity index (χ1n) is 13.5.